The second kappa shape index (κ2) is 6.09. The van der Waals surface area contributed by atoms with Gasteiger partial charge in [0.15, 0.2) is 11.5 Å². The summed E-state index contributed by atoms with van der Waals surface area (Å²) in [7, 11) is 0. The van der Waals surface area contributed by atoms with Crippen LogP contribution >= 0.6 is 0 Å². The molecule has 7 nitrogen and oxygen atoms in total. The summed E-state index contributed by atoms with van der Waals surface area (Å²) in [6.45, 7) is 1.31. The van der Waals surface area contributed by atoms with E-state index in [0.29, 0.717) is 30.5 Å². The summed E-state index contributed by atoms with van der Waals surface area (Å²) in [6, 6.07) is 11.6. The van der Waals surface area contributed by atoms with Crippen molar-refractivity contribution in [3.8, 4) is 11.3 Å². The van der Waals surface area contributed by atoms with Crippen LogP contribution in [0.15, 0.2) is 47.1 Å². The molecule has 0 N–H and O–H groups in total. The summed E-state index contributed by atoms with van der Waals surface area (Å²) in [6.07, 6.45) is 5.34. The molecule has 26 heavy (non-hydrogen) atoms. The third-order valence-corrected chi connectivity index (χ3v) is 5.14. The number of aromatic nitrogens is 4. The van der Waals surface area contributed by atoms with Crippen molar-refractivity contribution in [2.24, 2.45) is 0 Å². The highest BCUT2D eigenvalue weighted by Gasteiger charge is 2.32. The van der Waals surface area contributed by atoms with Crippen LogP contribution in [-0.4, -0.2) is 44.0 Å². The lowest BCUT2D eigenvalue weighted by atomic mass is 10.1. The molecule has 2 aromatic heterocycles. The standard InChI is InChI=1S/C19H19N5O2/c25-19(16-10-18(26-21-16)14-4-2-1-3-5-14)23-9-8-15(11-23)24-12-17(20-22-24)13-6-7-13/h1-5,10,12-13,15H,6-9,11H2/t15-/m1/s1. The number of rotatable bonds is 4. The minimum Gasteiger partial charge on any atom is -0.355 e. The first-order valence-electron chi connectivity index (χ1n) is 9.01. The first-order valence-corrected chi connectivity index (χ1v) is 9.01. The number of amides is 1. The molecule has 1 aliphatic heterocycles. The summed E-state index contributed by atoms with van der Waals surface area (Å²) < 4.78 is 7.27. The maximum absolute atomic E-state index is 12.8. The minimum atomic E-state index is -0.0963. The fraction of sp³-hybridized carbons (Fsp3) is 0.368. The minimum absolute atomic E-state index is 0.0963. The molecule has 7 heteroatoms. The molecule has 0 spiro atoms. The Morgan fingerprint density at radius 2 is 2.00 bits per heavy atom. The Morgan fingerprint density at radius 1 is 1.15 bits per heavy atom. The molecule has 1 saturated carbocycles. The van der Waals surface area contributed by atoms with Gasteiger partial charge in [0.25, 0.3) is 5.91 Å². The van der Waals surface area contributed by atoms with Gasteiger partial charge in [-0.15, -0.1) is 5.10 Å². The van der Waals surface area contributed by atoms with Crippen LogP contribution in [0.25, 0.3) is 11.3 Å². The number of nitrogens with zero attached hydrogens (tertiary/aromatic N) is 5. The second-order valence-corrected chi connectivity index (χ2v) is 7.03. The summed E-state index contributed by atoms with van der Waals surface area (Å²) in [4.78, 5) is 14.6. The second-order valence-electron chi connectivity index (χ2n) is 7.03. The van der Waals surface area contributed by atoms with E-state index in [1.54, 1.807) is 6.07 Å². The van der Waals surface area contributed by atoms with Crippen molar-refractivity contribution < 1.29 is 9.32 Å². The number of likely N-dealkylation sites (tertiary alicyclic amines) is 1. The van der Waals surface area contributed by atoms with Crippen LogP contribution in [0.1, 0.15) is 47.4 Å². The van der Waals surface area contributed by atoms with Crippen LogP contribution in [0.4, 0.5) is 0 Å². The molecular weight excluding hydrogens is 330 g/mol. The Bertz CT molecular complexity index is 928. The van der Waals surface area contributed by atoms with E-state index < -0.39 is 0 Å². The fourth-order valence-corrected chi connectivity index (χ4v) is 3.45. The maximum Gasteiger partial charge on any atom is 0.276 e. The van der Waals surface area contributed by atoms with Gasteiger partial charge in [-0.2, -0.15) is 0 Å². The van der Waals surface area contributed by atoms with Crippen LogP contribution in [0.2, 0.25) is 0 Å². The number of carbonyl (C=O) groups excluding carboxylic acids is 1. The summed E-state index contributed by atoms with van der Waals surface area (Å²) in [5.41, 5.74) is 2.34. The largest absolute Gasteiger partial charge is 0.355 e. The van der Waals surface area contributed by atoms with Gasteiger partial charge < -0.3 is 9.42 Å². The zero-order valence-electron chi connectivity index (χ0n) is 14.3. The lowest BCUT2D eigenvalue weighted by Gasteiger charge is -2.14. The lowest BCUT2D eigenvalue weighted by molar-refractivity contribution is 0.0776. The van der Waals surface area contributed by atoms with Crippen molar-refractivity contribution in [2.45, 2.75) is 31.2 Å². The molecule has 3 aromatic rings. The van der Waals surface area contributed by atoms with Gasteiger partial charge in [0.1, 0.15) is 0 Å². The fourth-order valence-electron chi connectivity index (χ4n) is 3.45. The molecule has 1 aromatic carbocycles. The Labute approximate surface area is 150 Å². The first kappa shape index (κ1) is 15.3. The average Bonchev–Trinajstić information content (AvgIpc) is 3.12. The molecule has 0 unspecified atom stereocenters. The van der Waals surface area contributed by atoms with E-state index in [4.69, 9.17) is 4.52 Å². The van der Waals surface area contributed by atoms with E-state index >= 15 is 0 Å². The van der Waals surface area contributed by atoms with Crippen molar-refractivity contribution in [1.29, 1.82) is 0 Å². The maximum atomic E-state index is 12.8. The first-order chi connectivity index (χ1) is 12.8. The summed E-state index contributed by atoms with van der Waals surface area (Å²) in [5.74, 6) is 1.10. The van der Waals surface area contributed by atoms with Gasteiger partial charge in [-0.3, -0.25) is 4.79 Å². The van der Waals surface area contributed by atoms with Crippen molar-refractivity contribution >= 4 is 5.91 Å². The molecule has 2 fully saturated rings. The Morgan fingerprint density at radius 3 is 2.81 bits per heavy atom. The highest BCUT2D eigenvalue weighted by Crippen LogP contribution is 2.39. The number of benzene rings is 1. The van der Waals surface area contributed by atoms with Crippen LogP contribution in [0.5, 0.6) is 0 Å². The van der Waals surface area contributed by atoms with Crippen molar-refractivity contribution in [3.05, 3.63) is 54.0 Å². The zero-order chi connectivity index (χ0) is 17.5. The predicted molar refractivity (Wildman–Crippen MR) is 93.5 cm³/mol. The molecule has 2 aliphatic rings. The van der Waals surface area contributed by atoms with Gasteiger partial charge in [-0.05, 0) is 19.3 Å². The quantitative estimate of drug-likeness (QED) is 0.724. The summed E-state index contributed by atoms with van der Waals surface area (Å²) in [5, 5.41) is 12.5. The average molecular weight is 349 g/mol. The summed E-state index contributed by atoms with van der Waals surface area (Å²) >= 11 is 0. The molecule has 1 amide bonds. The van der Waals surface area contributed by atoms with Gasteiger partial charge in [-0.25, -0.2) is 4.68 Å². The van der Waals surface area contributed by atoms with Gasteiger partial charge in [0.2, 0.25) is 0 Å². The predicted octanol–water partition coefficient (Wildman–Crippen LogP) is 2.90. The Kier molecular flexibility index (Phi) is 3.58. The highest BCUT2D eigenvalue weighted by molar-refractivity contribution is 5.93. The third kappa shape index (κ3) is 2.79. The molecule has 1 aliphatic carbocycles. The van der Waals surface area contributed by atoms with E-state index in [-0.39, 0.29) is 11.9 Å². The van der Waals surface area contributed by atoms with Crippen molar-refractivity contribution in [2.75, 3.05) is 13.1 Å². The van der Waals surface area contributed by atoms with Crippen LogP contribution in [0.3, 0.4) is 0 Å². The normalized spacial score (nSPS) is 19.8. The van der Waals surface area contributed by atoms with Gasteiger partial charge in [0.05, 0.1) is 11.7 Å². The molecule has 0 bridgehead atoms. The van der Waals surface area contributed by atoms with Crippen LogP contribution in [-0.2, 0) is 0 Å². The van der Waals surface area contributed by atoms with Crippen LogP contribution in [0, 0.1) is 0 Å². The molecule has 1 atom stereocenters. The number of hydrogen-bond acceptors (Lipinski definition) is 5. The van der Waals surface area contributed by atoms with Gasteiger partial charge >= 0.3 is 0 Å². The van der Waals surface area contributed by atoms with Crippen molar-refractivity contribution in [1.82, 2.24) is 25.1 Å². The van der Waals surface area contributed by atoms with E-state index in [2.05, 4.69) is 15.5 Å². The highest BCUT2D eigenvalue weighted by atomic mass is 16.5. The van der Waals surface area contributed by atoms with Gasteiger partial charge in [-0.1, -0.05) is 40.7 Å². The SMILES string of the molecule is O=C(c1cc(-c2ccccc2)on1)N1CC[C@@H](n2cc(C3CC3)nn2)C1. The zero-order valence-corrected chi connectivity index (χ0v) is 14.3. The Hall–Kier alpha value is -2.96. The van der Waals surface area contributed by atoms with Crippen LogP contribution < -0.4 is 0 Å². The molecule has 5 rings (SSSR count). The smallest absolute Gasteiger partial charge is 0.276 e. The number of hydrogen-bond donors (Lipinski definition) is 0. The van der Waals surface area contributed by atoms with Gasteiger partial charge in [0, 0.05) is 36.8 Å². The lowest BCUT2D eigenvalue weighted by Crippen LogP contribution is -2.29. The number of carbonyl (C=O) groups is 1. The van der Waals surface area contributed by atoms with E-state index in [0.717, 1.165) is 17.7 Å². The third-order valence-electron chi connectivity index (χ3n) is 5.14. The molecule has 1 saturated heterocycles. The Balaban J connectivity index is 1.28. The monoisotopic (exact) mass is 349 g/mol. The molecular formula is C19H19N5O2. The molecule has 0 radical (unpaired) electrons. The van der Waals surface area contributed by atoms with Crippen molar-refractivity contribution in [3.63, 3.8) is 0 Å². The molecule has 3 heterocycles. The topological polar surface area (TPSA) is 77.0 Å². The van der Waals surface area contributed by atoms with E-state index in [9.17, 15) is 4.79 Å². The molecule has 132 valence electrons. The van der Waals surface area contributed by atoms with E-state index in [1.165, 1.54) is 12.8 Å². The van der Waals surface area contributed by atoms with E-state index in [1.807, 2.05) is 46.1 Å².